The van der Waals surface area contributed by atoms with Gasteiger partial charge in [0.2, 0.25) is 0 Å². The molecular formula is C10H19NO. The van der Waals surface area contributed by atoms with Crippen molar-refractivity contribution in [3.05, 3.63) is 0 Å². The first kappa shape index (κ1) is 8.52. The van der Waals surface area contributed by atoms with Crippen LogP contribution in [0.3, 0.4) is 0 Å². The highest BCUT2D eigenvalue weighted by atomic mass is 16.5. The van der Waals surface area contributed by atoms with Gasteiger partial charge in [0.05, 0.1) is 12.8 Å². The summed E-state index contributed by atoms with van der Waals surface area (Å²) in [6.45, 7) is 4.38. The third-order valence-electron chi connectivity index (χ3n) is 3.22. The molecular weight excluding hydrogens is 150 g/mol. The van der Waals surface area contributed by atoms with Crippen LogP contribution in [-0.2, 0) is 4.74 Å². The first-order valence-corrected chi connectivity index (χ1v) is 5.26. The molecule has 2 nitrogen and oxygen atoms in total. The van der Waals surface area contributed by atoms with E-state index in [0.29, 0.717) is 6.10 Å². The van der Waals surface area contributed by atoms with Crippen LogP contribution in [0.2, 0.25) is 0 Å². The molecule has 0 amide bonds. The van der Waals surface area contributed by atoms with Crippen molar-refractivity contribution in [2.75, 3.05) is 13.3 Å². The lowest BCUT2D eigenvalue weighted by Gasteiger charge is -2.42. The van der Waals surface area contributed by atoms with Crippen molar-refractivity contribution >= 4 is 0 Å². The molecule has 2 heterocycles. The molecule has 2 saturated heterocycles. The third-order valence-corrected chi connectivity index (χ3v) is 3.22. The van der Waals surface area contributed by atoms with Gasteiger partial charge in [0.25, 0.3) is 0 Å². The molecule has 0 aliphatic carbocycles. The van der Waals surface area contributed by atoms with E-state index in [1.54, 1.807) is 0 Å². The van der Waals surface area contributed by atoms with E-state index in [1.807, 2.05) is 0 Å². The van der Waals surface area contributed by atoms with Gasteiger partial charge in [-0.25, -0.2) is 0 Å². The molecule has 70 valence electrons. The van der Waals surface area contributed by atoms with Gasteiger partial charge in [-0.15, -0.1) is 0 Å². The van der Waals surface area contributed by atoms with Gasteiger partial charge in [-0.3, -0.25) is 4.90 Å². The quantitative estimate of drug-likeness (QED) is 0.595. The van der Waals surface area contributed by atoms with Crippen LogP contribution in [-0.4, -0.2) is 30.3 Å². The summed E-state index contributed by atoms with van der Waals surface area (Å²) in [5.41, 5.74) is 0. The zero-order valence-electron chi connectivity index (χ0n) is 7.96. The van der Waals surface area contributed by atoms with E-state index in [1.165, 1.54) is 38.6 Å². The number of hydrogen-bond donors (Lipinski definition) is 0. The van der Waals surface area contributed by atoms with Crippen LogP contribution in [0.4, 0.5) is 0 Å². The highest BCUT2D eigenvalue weighted by Gasteiger charge is 2.29. The fourth-order valence-electron chi connectivity index (χ4n) is 2.35. The van der Waals surface area contributed by atoms with Gasteiger partial charge in [0, 0.05) is 12.6 Å². The molecule has 2 atom stereocenters. The van der Waals surface area contributed by atoms with E-state index in [0.717, 1.165) is 12.8 Å². The van der Waals surface area contributed by atoms with Crippen LogP contribution in [0.15, 0.2) is 0 Å². The van der Waals surface area contributed by atoms with Gasteiger partial charge in [0.15, 0.2) is 0 Å². The normalized spacial score (nSPS) is 37.8. The monoisotopic (exact) mass is 169 g/mol. The third kappa shape index (κ3) is 1.64. The Morgan fingerprint density at radius 2 is 2.33 bits per heavy atom. The molecule has 0 unspecified atom stereocenters. The van der Waals surface area contributed by atoms with Gasteiger partial charge in [-0.05, 0) is 25.7 Å². The van der Waals surface area contributed by atoms with E-state index in [4.69, 9.17) is 4.74 Å². The summed E-state index contributed by atoms with van der Waals surface area (Å²) in [5, 5.41) is 0. The molecule has 2 rings (SSSR count). The zero-order chi connectivity index (χ0) is 8.39. The number of rotatable bonds is 1. The molecule has 0 spiro atoms. The van der Waals surface area contributed by atoms with Crippen molar-refractivity contribution in [1.29, 1.82) is 0 Å². The van der Waals surface area contributed by atoms with Gasteiger partial charge >= 0.3 is 0 Å². The van der Waals surface area contributed by atoms with Crippen molar-refractivity contribution < 1.29 is 4.74 Å². The molecule has 2 aliphatic heterocycles. The van der Waals surface area contributed by atoms with Gasteiger partial charge < -0.3 is 4.74 Å². The van der Waals surface area contributed by atoms with E-state index >= 15 is 0 Å². The summed E-state index contributed by atoms with van der Waals surface area (Å²) in [6.07, 6.45) is 7.21. The van der Waals surface area contributed by atoms with Crippen LogP contribution < -0.4 is 0 Å². The van der Waals surface area contributed by atoms with E-state index in [-0.39, 0.29) is 0 Å². The fraction of sp³-hybridized carbons (Fsp3) is 1.00. The Bertz CT molecular complexity index is 149. The topological polar surface area (TPSA) is 12.5 Å². The van der Waals surface area contributed by atoms with Crippen molar-refractivity contribution in [1.82, 2.24) is 4.90 Å². The van der Waals surface area contributed by atoms with E-state index in [9.17, 15) is 0 Å². The molecule has 0 bridgehead atoms. The number of hydrogen-bond acceptors (Lipinski definition) is 2. The highest BCUT2D eigenvalue weighted by molar-refractivity contribution is 4.81. The number of nitrogens with zero attached hydrogens (tertiary/aromatic N) is 1. The molecule has 0 N–H and O–H groups in total. The maximum atomic E-state index is 5.72. The molecule has 12 heavy (non-hydrogen) atoms. The van der Waals surface area contributed by atoms with Crippen molar-refractivity contribution in [2.45, 2.75) is 51.2 Å². The predicted octanol–water partition coefficient (Wildman–Crippen LogP) is 2.00. The molecule has 0 aromatic carbocycles. The van der Waals surface area contributed by atoms with Crippen LogP contribution in [0.5, 0.6) is 0 Å². The summed E-state index contributed by atoms with van der Waals surface area (Å²) in [6, 6.07) is 0.845. The smallest absolute Gasteiger partial charge is 0.0996 e. The summed E-state index contributed by atoms with van der Waals surface area (Å²) in [7, 11) is 0. The largest absolute Gasteiger partial charge is 0.363 e. The Balaban J connectivity index is 1.90. The van der Waals surface area contributed by atoms with Gasteiger partial charge in [-0.2, -0.15) is 0 Å². The standard InChI is InChI=1S/C10H19NO/c1-2-10-7-9-5-3-4-6-11(9)8-12-10/h9-10H,2-8H2,1H3/t9-,10-/m0/s1. The first-order chi connectivity index (χ1) is 5.90. The van der Waals surface area contributed by atoms with Crippen molar-refractivity contribution in [3.8, 4) is 0 Å². The minimum Gasteiger partial charge on any atom is -0.363 e. The Labute approximate surface area is 74.9 Å². The maximum Gasteiger partial charge on any atom is 0.0996 e. The molecule has 0 radical (unpaired) electrons. The molecule has 0 aromatic rings. The Hall–Kier alpha value is -0.0800. The molecule has 2 heteroatoms. The summed E-state index contributed by atoms with van der Waals surface area (Å²) >= 11 is 0. The number of ether oxygens (including phenoxy) is 1. The lowest BCUT2D eigenvalue weighted by atomic mass is 9.95. The Morgan fingerprint density at radius 1 is 1.42 bits per heavy atom. The van der Waals surface area contributed by atoms with Crippen molar-refractivity contribution in [2.24, 2.45) is 0 Å². The number of fused-ring (bicyclic) bond motifs is 1. The maximum absolute atomic E-state index is 5.72. The average Bonchev–Trinajstić information content (AvgIpc) is 2.17. The SMILES string of the molecule is CC[C@H]1C[C@@H]2CCCCN2CO1. The van der Waals surface area contributed by atoms with E-state index in [2.05, 4.69) is 11.8 Å². The predicted molar refractivity (Wildman–Crippen MR) is 49.0 cm³/mol. The minimum atomic E-state index is 0.546. The van der Waals surface area contributed by atoms with Crippen LogP contribution in [0, 0.1) is 0 Å². The molecule has 0 saturated carbocycles. The van der Waals surface area contributed by atoms with Crippen LogP contribution >= 0.6 is 0 Å². The second-order valence-electron chi connectivity index (χ2n) is 4.02. The molecule has 2 fully saturated rings. The average molecular weight is 169 g/mol. The number of piperidine rings is 1. The van der Waals surface area contributed by atoms with E-state index < -0.39 is 0 Å². The molecule has 2 aliphatic rings. The Morgan fingerprint density at radius 3 is 3.17 bits per heavy atom. The summed E-state index contributed by atoms with van der Waals surface area (Å²) < 4.78 is 5.72. The highest BCUT2D eigenvalue weighted by Crippen LogP contribution is 2.26. The Kier molecular flexibility index (Phi) is 2.66. The molecule has 0 aromatic heterocycles. The lowest BCUT2D eigenvalue weighted by Crippen LogP contribution is -2.47. The second-order valence-corrected chi connectivity index (χ2v) is 4.02. The summed E-state index contributed by atoms with van der Waals surface area (Å²) in [4.78, 5) is 2.51. The van der Waals surface area contributed by atoms with Gasteiger partial charge in [-0.1, -0.05) is 13.3 Å². The zero-order valence-corrected chi connectivity index (χ0v) is 7.96. The van der Waals surface area contributed by atoms with Crippen LogP contribution in [0.25, 0.3) is 0 Å². The minimum absolute atomic E-state index is 0.546. The fourth-order valence-corrected chi connectivity index (χ4v) is 2.35. The lowest BCUT2D eigenvalue weighted by molar-refractivity contribution is -0.107. The first-order valence-electron chi connectivity index (χ1n) is 5.26. The van der Waals surface area contributed by atoms with Gasteiger partial charge in [0.1, 0.15) is 0 Å². The second kappa shape index (κ2) is 3.75. The van der Waals surface area contributed by atoms with Crippen LogP contribution in [0.1, 0.15) is 39.0 Å². The summed E-state index contributed by atoms with van der Waals surface area (Å²) in [5.74, 6) is 0. The van der Waals surface area contributed by atoms with Crippen molar-refractivity contribution in [3.63, 3.8) is 0 Å².